The summed E-state index contributed by atoms with van der Waals surface area (Å²) in [6.45, 7) is 0.961. The number of amides is 1. The van der Waals surface area contributed by atoms with E-state index in [1.807, 2.05) is 78.4 Å². The second-order valence-electron chi connectivity index (χ2n) is 6.34. The highest BCUT2D eigenvalue weighted by Crippen LogP contribution is 2.20. The van der Waals surface area contributed by atoms with Gasteiger partial charge in [-0.3, -0.25) is 14.7 Å². The number of aromatic nitrogens is 3. The van der Waals surface area contributed by atoms with Crippen LogP contribution in [-0.2, 0) is 18.4 Å². The lowest BCUT2D eigenvalue weighted by Gasteiger charge is -2.21. The number of imidazole rings is 1. The lowest BCUT2D eigenvalue weighted by Crippen LogP contribution is -2.38. The Morgan fingerprint density at radius 1 is 1.19 bits per heavy atom. The molecule has 1 atom stereocenters. The Balaban J connectivity index is 1.69. The van der Waals surface area contributed by atoms with E-state index in [4.69, 9.17) is 0 Å². The Morgan fingerprint density at radius 2 is 2.00 bits per heavy atom. The number of benzene rings is 1. The minimum Gasteiger partial charge on any atom is -0.341 e. The molecule has 0 saturated heterocycles. The van der Waals surface area contributed by atoms with Gasteiger partial charge in [-0.05, 0) is 24.2 Å². The fraction of sp³-hybridized carbons (Fsp3) is 0.250. The fourth-order valence-corrected chi connectivity index (χ4v) is 2.91. The number of pyridine rings is 1. The zero-order valence-electron chi connectivity index (χ0n) is 15.0. The van der Waals surface area contributed by atoms with Crippen molar-refractivity contribution in [2.24, 2.45) is 7.05 Å². The van der Waals surface area contributed by atoms with Crippen molar-refractivity contribution in [1.82, 2.24) is 24.8 Å². The van der Waals surface area contributed by atoms with Gasteiger partial charge in [0.15, 0.2) is 0 Å². The SMILES string of the molecule is CN(CC(=O)NC(c1ccccc1)c1nccn1C)Cc1cccnc1. The van der Waals surface area contributed by atoms with Gasteiger partial charge in [0.2, 0.25) is 5.91 Å². The van der Waals surface area contributed by atoms with Crippen molar-refractivity contribution in [3.05, 3.63) is 84.2 Å². The fourth-order valence-electron chi connectivity index (χ4n) is 2.91. The van der Waals surface area contributed by atoms with E-state index in [0.29, 0.717) is 13.1 Å². The third kappa shape index (κ3) is 4.55. The summed E-state index contributed by atoms with van der Waals surface area (Å²) in [4.78, 5) is 23.1. The van der Waals surface area contributed by atoms with E-state index in [0.717, 1.165) is 17.0 Å². The van der Waals surface area contributed by atoms with Gasteiger partial charge in [-0.25, -0.2) is 4.98 Å². The van der Waals surface area contributed by atoms with Gasteiger partial charge in [0.25, 0.3) is 0 Å². The highest BCUT2D eigenvalue weighted by molar-refractivity contribution is 5.78. The lowest BCUT2D eigenvalue weighted by atomic mass is 10.1. The molecule has 0 aliphatic rings. The number of likely N-dealkylation sites (N-methyl/N-ethyl adjacent to an activating group) is 1. The standard InChI is InChI=1S/C20H23N5O/c1-24(14-16-7-6-10-21-13-16)15-18(26)23-19(17-8-4-3-5-9-17)20-22-11-12-25(20)2/h3-13,19H,14-15H2,1-2H3,(H,23,26). The van der Waals surface area contributed by atoms with E-state index in [-0.39, 0.29) is 11.9 Å². The molecule has 1 unspecified atom stereocenters. The van der Waals surface area contributed by atoms with E-state index in [2.05, 4.69) is 15.3 Å². The van der Waals surface area contributed by atoms with Gasteiger partial charge in [-0.1, -0.05) is 36.4 Å². The van der Waals surface area contributed by atoms with Crippen molar-refractivity contribution in [3.63, 3.8) is 0 Å². The molecule has 6 heteroatoms. The first-order chi connectivity index (χ1) is 12.6. The maximum atomic E-state index is 12.6. The second kappa shape index (κ2) is 8.40. The summed E-state index contributed by atoms with van der Waals surface area (Å²) in [6.07, 6.45) is 7.18. The molecule has 2 aromatic heterocycles. The van der Waals surface area contributed by atoms with Gasteiger partial charge >= 0.3 is 0 Å². The summed E-state index contributed by atoms with van der Waals surface area (Å²) in [5.74, 6) is 0.757. The molecule has 26 heavy (non-hydrogen) atoms. The van der Waals surface area contributed by atoms with E-state index in [1.165, 1.54) is 0 Å². The first-order valence-electron chi connectivity index (χ1n) is 8.52. The summed E-state index contributed by atoms with van der Waals surface area (Å²) >= 11 is 0. The van der Waals surface area contributed by atoms with Crippen LogP contribution in [0.25, 0.3) is 0 Å². The van der Waals surface area contributed by atoms with Crippen LogP contribution in [0.2, 0.25) is 0 Å². The highest BCUT2D eigenvalue weighted by Gasteiger charge is 2.21. The van der Waals surface area contributed by atoms with Crippen LogP contribution in [0.3, 0.4) is 0 Å². The minimum absolute atomic E-state index is 0.0479. The average Bonchev–Trinajstić information content (AvgIpc) is 3.07. The molecule has 6 nitrogen and oxygen atoms in total. The van der Waals surface area contributed by atoms with E-state index in [1.54, 1.807) is 12.4 Å². The molecule has 1 N–H and O–H groups in total. The van der Waals surface area contributed by atoms with Gasteiger partial charge in [0.05, 0.1) is 6.54 Å². The van der Waals surface area contributed by atoms with Gasteiger partial charge in [-0.15, -0.1) is 0 Å². The quantitative estimate of drug-likeness (QED) is 0.710. The molecule has 0 aliphatic carbocycles. The largest absolute Gasteiger partial charge is 0.341 e. The van der Waals surface area contributed by atoms with E-state index in [9.17, 15) is 4.79 Å². The molecule has 0 bridgehead atoms. The van der Waals surface area contributed by atoms with Crippen molar-refractivity contribution in [2.45, 2.75) is 12.6 Å². The van der Waals surface area contributed by atoms with E-state index >= 15 is 0 Å². The number of hydrogen-bond donors (Lipinski definition) is 1. The summed E-state index contributed by atoms with van der Waals surface area (Å²) in [7, 11) is 3.85. The molecular weight excluding hydrogens is 326 g/mol. The Hall–Kier alpha value is -2.99. The number of nitrogens with zero attached hydrogens (tertiary/aromatic N) is 4. The molecule has 2 heterocycles. The van der Waals surface area contributed by atoms with Crippen molar-refractivity contribution in [1.29, 1.82) is 0 Å². The Kier molecular flexibility index (Phi) is 5.76. The first-order valence-corrected chi connectivity index (χ1v) is 8.52. The number of carbonyl (C=O) groups excluding carboxylic acids is 1. The van der Waals surface area contributed by atoms with Crippen LogP contribution in [0.4, 0.5) is 0 Å². The zero-order valence-corrected chi connectivity index (χ0v) is 15.0. The van der Waals surface area contributed by atoms with Crippen LogP contribution in [0.15, 0.2) is 67.3 Å². The van der Waals surface area contributed by atoms with Crippen molar-refractivity contribution in [3.8, 4) is 0 Å². The Morgan fingerprint density at radius 3 is 2.65 bits per heavy atom. The predicted octanol–water partition coefficient (Wildman–Crippen LogP) is 2.15. The highest BCUT2D eigenvalue weighted by atomic mass is 16.2. The van der Waals surface area contributed by atoms with Gasteiger partial charge in [0.1, 0.15) is 11.9 Å². The number of nitrogens with one attached hydrogen (secondary N) is 1. The Labute approximate surface area is 153 Å². The molecule has 0 fully saturated rings. The van der Waals surface area contributed by atoms with E-state index < -0.39 is 0 Å². The molecular formula is C20H23N5O. The summed E-state index contributed by atoms with van der Waals surface area (Å²) in [5, 5.41) is 3.11. The van der Waals surface area contributed by atoms with Crippen LogP contribution < -0.4 is 5.32 Å². The molecule has 134 valence electrons. The van der Waals surface area contributed by atoms with Crippen LogP contribution in [0.1, 0.15) is 23.0 Å². The maximum Gasteiger partial charge on any atom is 0.235 e. The van der Waals surface area contributed by atoms with Crippen LogP contribution in [0, 0.1) is 0 Å². The van der Waals surface area contributed by atoms with Crippen LogP contribution in [-0.4, -0.2) is 38.9 Å². The molecule has 0 aliphatic heterocycles. The molecule has 0 spiro atoms. The van der Waals surface area contributed by atoms with Crippen LogP contribution >= 0.6 is 0 Å². The normalized spacial score (nSPS) is 12.1. The van der Waals surface area contributed by atoms with Gasteiger partial charge < -0.3 is 9.88 Å². The molecule has 3 rings (SSSR count). The zero-order chi connectivity index (χ0) is 18.4. The minimum atomic E-state index is -0.282. The molecule has 1 aromatic carbocycles. The Bertz CT molecular complexity index is 832. The third-order valence-electron chi connectivity index (χ3n) is 4.14. The second-order valence-corrected chi connectivity index (χ2v) is 6.34. The van der Waals surface area contributed by atoms with Crippen LogP contribution in [0.5, 0.6) is 0 Å². The molecule has 1 amide bonds. The van der Waals surface area contributed by atoms with Gasteiger partial charge in [-0.2, -0.15) is 0 Å². The summed E-state index contributed by atoms with van der Waals surface area (Å²) in [6, 6.07) is 13.5. The molecule has 0 radical (unpaired) electrons. The van der Waals surface area contributed by atoms with Gasteiger partial charge in [0, 0.05) is 38.4 Å². The number of aryl methyl sites for hydroxylation is 1. The predicted molar refractivity (Wildman–Crippen MR) is 100 cm³/mol. The average molecular weight is 349 g/mol. The number of carbonyl (C=O) groups is 1. The lowest BCUT2D eigenvalue weighted by molar-refractivity contribution is -0.122. The van der Waals surface area contributed by atoms with Crippen molar-refractivity contribution < 1.29 is 4.79 Å². The third-order valence-corrected chi connectivity index (χ3v) is 4.14. The van der Waals surface area contributed by atoms with Crippen molar-refractivity contribution in [2.75, 3.05) is 13.6 Å². The smallest absolute Gasteiger partial charge is 0.235 e. The topological polar surface area (TPSA) is 63.1 Å². The molecule has 0 saturated carbocycles. The van der Waals surface area contributed by atoms with Crippen molar-refractivity contribution >= 4 is 5.91 Å². The molecule has 3 aromatic rings. The first kappa shape index (κ1) is 17.8. The summed E-state index contributed by atoms with van der Waals surface area (Å²) < 4.78 is 1.93. The summed E-state index contributed by atoms with van der Waals surface area (Å²) in [5.41, 5.74) is 2.08. The number of rotatable bonds is 7. The number of hydrogen-bond acceptors (Lipinski definition) is 4. The maximum absolute atomic E-state index is 12.6. The monoisotopic (exact) mass is 349 g/mol.